The summed E-state index contributed by atoms with van der Waals surface area (Å²) in [4.78, 5) is 12.3. The summed E-state index contributed by atoms with van der Waals surface area (Å²) in [6.45, 7) is 5.97. The number of hydrogen-bond donors (Lipinski definition) is 3. The SMILES string of the molecule is CC(C)(CCO)CNCc1cccc(NC(=O)c2ccc(Cl)cc2)c1. The zero-order chi connectivity index (χ0) is 18.3. The molecule has 25 heavy (non-hydrogen) atoms. The predicted molar refractivity (Wildman–Crippen MR) is 103 cm³/mol. The summed E-state index contributed by atoms with van der Waals surface area (Å²) >= 11 is 5.85. The second-order valence-electron chi connectivity index (χ2n) is 6.90. The number of aliphatic hydroxyl groups is 1. The molecule has 0 saturated heterocycles. The minimum atomic E-state index is -0.161. The molecule has 0 atom stereocenters. The van der Waals surface area contributed by atoms with Crippen molar-refractivity contribution in [1.82, 2.24) is 5.32 Å². The van der Waals surface area contributed by atoms with Crippen LogP contribution in [0.4, 0.5) is 5.69 Å². The van der Waals surface area contributed by atoms with Crippen molar-refractivity contribution < 1.29 is 9.90 Å². The zero-order valence-corrected chi connectivity index (χ0v) is 15.4. The fraction of sp³-hybridized carbons (Fsp3) is 0.350. The minimum absolute atomic E-state index is 0.0508. The largest absolute Gasteiger partial charge is 0.396 e. The van der Waals surface area contributed by atoms with Crippen LogP contribution in [-0.2, 0) is 6.54 Å². The molecule has 0 spiro atoms. The molecule has 0 saturated carbocycles. The second kappa shape index (κ2) is 8.99. The van der Waals surface area contributed by atoms with Crippen LogP contribution in [0.1, 0.15) is 36.2 Å². The van der Waals surface area contributed by atoms with E-state index in [1.807, 2.05) is 24.3 Å². The quantitative estimate of drug-likeness (QED) is 0.664. The number of hydrogen-bond acceptors (Lipinski definition) is 3. The molecule has 2 aromatic carbocycles. The lowest BCUT2D eigenvalue weighted by Gasteiger charge is -2.24. The van der Waals surface area contributed by atoms with Crippen molar-refractivity contribution in [1.29, 1.82) is 0 Å². The maximum atomic E-state index is 12.3. The lowest BCUT2D eigenvalue weighted by atomic mass is 9.90. The van der Waals surface area contributed by atoms with Crippen molar-refractivity contribution in [2.24, 2.45) is 5.41 Å². The van der Waals surface area contributed by atoms with E-state index in [9.17, 15) is 4.79 Å². The third-order valence-corrected chi connectivity index (χ3v) is 4.26. The summed E-state index contributed by atoms with van der Waals surface area (Å²) in [5, 5.41) is 16.0. The average molecular weight is 361 g/mol. The number of carbonyl (C=O) groups excluding carboxylic acids is 1. The second-order valence-corrected chi connectivity index (χ2v) is 7.34. The van der Waals surface area contributed by atoms with Crippen LogP contribution in [0.3, 0.4) is 0 Å². The van der Waals surface area contributed by atoms with Gasteiger partial charge in [0, 0.05) is 36.0 Å². The fourth-order valence-corrected chi connectivity index (χ4v) is 2.63. The van der Waals surface area contributed by atoms with E-state index in [0.29, 0.717) is 17.1 Å². The van der Waals surface area contributed by atoms with E-state index >= 15 is 0 Å². The monoisotopic (exact) mass is 360 g/mol. The maximum Gasteiger partial charge on any atom is 0.255 e. The molecule has 0 aliphatic rings. The van der Waals surface area contributed by atoms with Crippen molar-refractivity contribution in [3.05, 3.63) is 64.7 Å². The lowest BCUT2D eigenvalue weighted by molar-refractivity contribution is 0.102. The van der Waals surface area contributed by atoms with Crippen LogP contribution in [0.5, 0.6) is 0 Å². The average Bonchev–Trinajstić information content (AvgIpc) is 2.55. The molecular weight excluding hydrogens is 336 g/mol. The highest BCUT2D eigenvalue weighted by Crippen LogP contribution is 2.19. The Morgan fingerprint density at radius 2 is 1.88 bits per heavy atom. The molecule has 0 fully saturated rings. The Labute approximate surface area is 154 Å². The highest BCUT2D eigenvalue weighted by atomic mass is 35.5. The van der Waals surface area contributed by atoms with Crippen LogP contribution in [0.15, 0.2) is 48.5 Å². The van der Waals surface area contributed by atoms with Crippen LogP contribution in [0, 0.1) is 5.41 Å². The summed E-state index contributed by atoms with van der Waals surface area (Å²) in [7, 11) is 0. The van der Waals surface area contributed by atoms with Gasteiger partial charge in [0.15, 0.2) is 0 Å². The molecule has 2 rings (SSSR count). The molecular formula is C20H25ClN2O2. The molecule has 0 heterocycles. The minimum Gasteiger partial charge on any atom is -0.396 e. The number of halogens is 1. The third-order valence-electron chi connectivity index (χ3n) is 4.01. The first-order valence-electron chi connectivity index (χ1n) is 8.37. The summed E-state index contributed by atoms with van der Waals surface area (Å²) in [5.74, 6) is -0.161. The Kier molecular flexibility index (Phi) is 7.00. The summed E-state index contributed by atoms with van der Waals surface area (Å²) in [6, 6.07) is 14.6. The Morgan fingerprint density at radius 3 is 2.56 bits per heavy atom. The molecule has 5 heteroatoms. The smallest absolute Gasteiger partial charge is 0.255 e. The van der Waals surface area contributed by atoms with Gasteiger partial charge in [-0.15, -0.1) is 0 Å². The number of nitrogens with one attached hydrogen (secondary N) is 2. The molecule has 0 unspecified atom stereocenters. The number of anilines is 1. The van der Waals surface area contributed by atoms with Crippen molar-refractivity contribution in [3.63, 3.8) is 0 Å². The first-order chi connectivity index (χ1) is 11.9. The highest BCUT2D eigenvalue weighted by molar-refractivity contribution is 6.30. The number of amides is 1. The van der Waals surface area contributed by atoms with Gasteiger partial charge in [0.2, 0.25) is 0 Å². The van der Waals surface area contributed by atoms with Crippen molar-refractivity contribution in [2.45, 2.75) is 26.8 Å². The van der Waals surface area contributed by atoms with Crippen molar-refractivity contribution in [2.75, 3.05) is 18.5 Å². The summed E-state index contributed by atoms with van der Waals surface area (Å²) in [5.41, 5.74) is 2.47. The van der Waals surface area contributed by atoms with Gasteiger partial charge in [0.1, 0.15) is 0 Å². The predicted octanol–water partition coefficient (Wildman–Crippen LogP) is 4.09. The van der Waals surface area contributed by atoms with E-state index in [0.717, 1.165) is 24.2 Å². The number of rotatable bonds is 8. The van der Waals surface area contributed by atoms with Crippen molar-refractivity contribution >= 4 is 23.2 Å². The van der Waals surface area contributed by atoms with E-state index in [-0.39, 0.29) is 17.9 Å². The molecule has 2 aromatic rings. The maximum absolute atomic E-state index is 12.3. The van der Waals surface area contributed by atoms with E-state index in [1.54, 1.807) is 24.3 Å². The van der Waals surface area contributed by atoms with Gasteiger partial charge in [-0.3, -0.25) is 4.79 Å². The van der Waals surface area contributed by atoms with Gasteiger partial charge in [-0.25, -0.2) is 0 Å². The van der Waals surface area contributed by atoms with E-state index in [2.05, 4.69) is 24.5 Å². The van der Waals surface area contributed by atoms with Gasteiger partial charge in [-0.2, -0.15) is 0 Å². The van der Waals surface area contributed by atoms with Gasteiger partial charge in [-0.05, 0) is 53.8 Å². The van der Waals surface area contributed by atoms with Gasteiger partial charge < -0.3 is 15.7 Å². The van der Waals surface area contributed by atoms with Gasteiger partial charge in [0.05, 0.1) is 0 Å². The summed E-state index contributed by atoms with van der Waals surface area (Å²) in [6.07, 6.45) is 0.761. The number of carbonyl (C=O) groups is 1. The lowest BCUT2D eigenvalue weighted by Crippen LogP contribution is -2.29. The molecule has 0 aromatic heterocycles. The normalized spacial score (nSPS) is 11.4. The molecule has 0 aliphatic carbocycles. The molecule has 1 amide bonds. The molecule has 4 nitrogen and oxygen atoms in total. The first-order valence-corrected chi connectivity index (χ1v) is 8.75. The van der Waals surface area contributed by atoms with Gasteiger partial charge in [0.25, 0.3) is 5.91 Å². The number of aliphatic hydroxyl groups excluding tert-OH is 1. The van der Waals surface area contributed by atoms with Crippen LogP contribution in [-0.4, -0.2) is 24.2 Å². The molecule has 0 aliphatic heterocycles. The van der Waals surface area contributed by atoms with E-state index in [4.69, 9.17) is 16.7 Å². The number of benzene rings is 2. The Balaban J connectivity index is 1.92. The van der Waals surface area contributed by atoms with Crippen LogP contribution >= 0.6 is 11.6 Å². The zero-order valence-electron chi connectivity index (χ0n) is 14.7. The molecule has 134 valence electrons. The fourth-order valence-electron chi connectivity index (χ4n) is 2.50. The third kappa shape index (κ3) is 6.50. The van der Waals surface area contributed by atoms with Crippen molar-refractivity contribution in [3.8, 4) is 0 Å². The Hall–Kier alpha value is -1.88. The molecule has 0 radical (unpaired) electrons. The van der Waals surface area contributed by atoms with Gasteiger partial charge in [-0.1, -0.05) is 37.6 Å². The van der Waals surface area contributed by atoms with E-state index in [1.165, 1.54) is 0 Å². The highest BCUT2D eigenvalue weighted by Gasteiger charge is 2.16. The van der Waals surface area contributed by atoms with Gasteiger partial charge >= 0.3 is 0 Å². The Bertz CT molecular complexity index is 699. The topological polar surface area (TPSA) is 61.4 Å². The van der Waals surface area contributed by atoms with E-state index < -0.39 is 0 Å². The first kappa shape index (κ1) is 19.4. The van der Waals surface area contributed by atoms with Crippen LogP contribution in [0.2, 0.25) is 5.02 Å². The molecule has 3 N–H and O–H groups in total. The molecule has 0 bridgehead atoms. The van der Waals surface area contributed by atoms with Crippen LogP contribution in [0.25, 0.3) is 0 Å². The van der Waals surface area contributed by atoms with Crippen LogP contribution < -0.4 is 10.6 Å². The standard InChI is InChI=1S/C20H25ClN2O2/c1-20(2,10-11-24)14-22-13-15-4-3-5-18(12-15)23-19(25)16-6-8-17(21)9-7-16/h3-9,12,22,24H,10-11,13-14H2,1-2H3,(H,23,25). The Morgan fingerprint density at radius 1 is 1.16 bits per heavy atom. The summed E-state index contributed by atoms with van der Waals surface area (Å²) < 4.78 is 0.